The van der Waals surface area contributed by atoms with Gasteiger partial charge in [0.25, 0.3) is 0 Å². The first-order valence-corrected chi connectivity index (χ1v) is 7.95. The highest BCUT2D eigenvalue weighted by Gasteiger charge is 2.28. The Morgan fingerprint density at radius 1 is 1.11 bits per heavy atom. The van der Waals surface area contributed by atoms with Gasteiger partial charge in [-0.2, -0.15) is 18.3 Å². The van der Waals surface area contributed by atoms with E-state index in [9.17, 15) is 23.1 Å². The molecule has 0 saturated heterocycles. The van der Waals surface area contributed by atoms with Gasteiger partial charge >= 0.3 is 12.1 Å². The second kappa shape index (κ2) is 7.53. The minimum atomic E-state index is -4.37. The van der Waals surface area contributed by atoms with E-state index in [2.05, 4.69) is 5.10 Å². The molecule has 3 rings (SSSR count). The smallest absolute Gasteiger partial charge is 0.408 e. The summed E-state index contributed by atoms with van der Waals surface area (Å²) in [6.07, 6.45) is -1.83. The van der Waals surface area contributed by atoms with Crippen molar-refractivity contribution in [3.8, 4) is 16.9 Å². The van der Waals surface area contributed by atoms with Crippen molar-refractivity contribution >= 4 is 5.97 Å². The standard InChI is InChI=1S/C19H15F3N2O3/c20-19(21,22)12-24-10-15(9-23-24)14-6-7-16(18(25)26)17(8-14)27-11-13-4-2-1-3-5-13/h1-10H,11-12H2,(H,25,26). The van der Waals surface area contributed by atoms with Crippen LogP contribution in [-0.4, -0.2) is 27.0 Å². The Morgan fingerprint density at radius 3 is 2.52 bits per heavy atom. The molecule has 0 bridgehead atoms. The normalized spacial score (nSPS) is 11.4. The molecule has 0 amide bonds. The van der Waals surface area contributed by atoms with Gasteiger partial charge in [-0.3, -0.25) is 4.68 Å². The van der Waals surface area contributed by atoms with Crippen LogP contribution in [0.4, 0.5) is 13.2 Å². The number of nitrogens with zero attached hydrogens (tertiary/aromatic N) is 2. The molecule has 140 valence electrons. The van der Waals surface area contributed by atoms with Gasteiger partial charge in [0.15, 0.2) is 0 Å². The van der Waals surface area contributed by atoms with Crippen LogP contribution in [0.1, 0.15) is 15.9 Å². The third-order valence-electron chi connectivity index (χ3n) is 3.76. The maximum atomic E-state index is 12.5. The molecule has 0 unspecified atom stereocenters. The van der Waals surface area contributed by atoms with Gasteiger partial charge < -0.3 is 9.84 Å². The number of ether oxygens (including phenoxy) is 1. The molecule has 0 aliphatic carbocycles. The van der Waals surface area contributed by atoms with Crippen LogP contribution in [-0.2, 0) is 13.2 Å². The molecule has 0 fully saturated rings. The molecule has 8 heteroatoms. The first-order chi connectivity index (χ1) is 12.8. The van der Waals surface area contributed by atoms with Crippen molar-refractivity contribution in [2.75, 3.05) is 0 Å². The average Bonchev–Trinajstić information content (AvgIpc) is 3.07. The monoisotopic (exact) mass is 376 g/mol. The first kappa shape index (κ1) is 18.5. The SMILES string of the molecule is O=C(O)c1ccc(-c2cnn(CC(F)(F)F)c2)cc1OCc1ccccc1. The van der Waals surface area contributed by atoms with Crippen LogP contribution < -0.4 is 4.74 Å². The fraction of sp³-hybridized carbons (Fsp3) is 0.158. The molecule has 1 heterocycles. The lowest BCUT2D eigenvalue weighted by Gasteiger charge is -2.11. The summed E-state index contributed by atoms with van der Waals surface area (Å²) in [4.78, 5) is 11.4. The highest BCUT2D eigenvalue weighted by atomic mass is 19.4. The fourth-order valence-corrected chi connectivity index (χ4v) is 2.52. The number of aromatic carboxylic acids is 1. The zero-order valence-corrected chi connectivity index (χ0v) is 14.0. The maximum Gasteiger partial charge on any atom is 0.408 e. The van der Waals surface area contributed by atoms with Crippen LogP contribution in [0.2, 0.25) is 0 Å². The lowest BCUT2D eigenvalue weighted by molar-refractivity contribution is -0.142. The Morgan fingerprint density at radius 2 is 1.85 bits per heavy atom. The van der Waals surface area contributed by atoms with Gasteiger partial charge in [0.2, 0.25) is 0 Å². The van der Waals surface area contributed by atoms with Gasteiger partial charge in [-0.05, 0) is 23.3 Å². The first-order valence-electron chi connectivity index (χ1n) is 7.95. The molecule has 0 aliphatic heterocycles. The molecule has 5 nitrogen and oxygen atoms in total. The molecule has 3 aromatic rings. The van der Waals surface area contributed by atoms with E-state index in [0.29, 0.717) is 11.1 Å². The fourth-order valence-electron chi connectivity index (χ4n) is 2.52. The molecule has 1 aromatic heterocycles. The molecule has 0 aliphatic rings. The number of carbonyl (C=O) groups is 1. The summed E-state index contributed by atoms with van der Waals surface area (Å²) in [7, 11) is 0. The Labute approximate surface area is 152 Å². The number of halogens is 3. The quantitative estimate of drug-likeness (QED) is 0.693. The second-order valence-electron chi connectivity index (χ2n) is 5.83. The van der Waals surface area contributed by atoms with E-state index >= 15 is 0 Å². The predicted molar refractivity (Wildman–Crippen MR) is 91.5 cm³/mol. The third kappa shape index (κ3) is 4.87. The Bertz CT molecular complexity index is 937. The number of aromatic nitrogens is 2. The Hall–Kier alpha value is -3.29. The molecule has 0 radical (unpaired) electrons. The highest BCUT2D eigenvalue weighted by Crippen LogP contribution is 2.28. The number of rotatable bonds is 6. The van der Waals surface area contributed by atoms with Gasteiger partial charge in [0.1, 0.15) is 24.5 Å². The number of hydrogen-bond acceptors (Lipinski definition) is 3. The lowest BCUT2D eigenvalue weighted by Crippen LogP contribution is -2.17. The number of benzene rings is 2. The van der Waals surface area contributed by atoms with E-state index in [1.807, 2.05) is 30.3 Å². The van der Waals surface area contributed by atoms with E-state index in [-0.39, 0.29) is 17.9 Å². The second-order valence-corrected chi connectivity index (χ2v) is 5.83. The Balaban J connectivity index is 1.86. The van der Waals surface area contributed by atoms with Crippen molar-refractivity contribution in [3.63, 3.8) is 0 Å². The maximum absolute atomic E-state index is 12.5. The minimum absolute atomic E-state index is 0.0302. The van der Waals surface area contributed by atoms with Crippen molar-refractivity contribution in [3.05, 3.63) is 72.1 Å². The molecule has 2 aromatic carbocycles. The van der Waals surface area contributed by atoms with Crippen molar-refractivity contribution in [1.29, 1.82) is 0 Å². The van der Waals surface area contributed by atoms with Crippen LogP contribution in [0.15, 0.2) is 60.9 Å². The van der Waals surface area contributed by atoms with E-state index in [1.165, 1.54) is 30.6 Å². The van der Waals surface area contributed by atoms with Crippen molar-refractivity contribution in [1.82, 2.24) is 9.78 Å². The summed E-state index contributed by atoms with van der Waals surface area (Å²) >= 11 is 0. The summed E-state index contributed by atoms with van der Waals surface area (Å²) in [6, 6.07) is 13.6. The van der Waals surface area contributed by atoms with E-state index in [1.54, 1.807) is 0 Å². The third-order valence-corrected chi connectivity index (χ3v) is 3.76. The number of carboxylic acids is 1. The van der Waals surface area contributed by atoms with Crippen LogP contribution in [0.5, 0.6) is 5.75 Å². The lowest BCUT2D eigenvalue weighted by atomic mass is 10.1. The molecule has 0 saturated carbocycles. The van der Waals surface area contributed by atoms with Crippen molar-refractivity contribution < 1.29 is 27.8 Å². The molecule has 1 N–H and O–H groups in total. The molecule has 0 atom stereocenters. The number of carboxylic acid groups (broad SMARTS) is 1. The molecule has 0 spiro atoms. The van der Waals surface area contributed by atoms with Gasteiger partial charge in [0, 0.05) is 11.8 Å². The largest absolute Gasteiger partial charge is 0.488 e. The van der Waals surface area contributed by atoms with E-state index in [4.69, 9.17) is 4.74 Å². The average molecular weight is 376 g/mol. The van der Waals surface area contributed by atoms with Gasteiger partial charge in [-0.1, -0.05) is 36.4 Å². The van der Waals surface area contributed by atoms with Gasteiger partial charge in [0.05, 0.1) is 6.20 Å². The zero-order valence-electron chi connectivity index (χ0n) is 14.0. The summed E-state index contributed by atoms with van der Waals surface area (Å²) in [5, 5.41) is 13.0. The van der Waals surface area contributed by atoms with Crippen LogP contribution in [0, 0.1) is 0 Å². The zero-order chi connectivity index (χ0) is 19.4. The minimum Gasteiger partial charge on any atom is -0.488 e. The Kier molecular flexibility index (Phi) is 5.16. The van der Waals surface area contributed by atoms with E-state index in [0.717, 1.165) is 10.2 Å². The number of alkyl halides is 3. The van der Waals surface area contributed by atoms with E-state index < -0.39 is 18.7 Å². The molecular formula is C19H15F3N2O3. The van der Waals surface area contributed by atoms with Crippen molar-refractivity contribution in [2.45, 2.75) is 19.3 Å². The topological polar surface area (TPSA) is 64.3 Å². The highest BCUT2D eigenvalue weighted by molar-refractivity contribution is 5.92. The molecular weight excluding hydrogens is 361 g/mol. The van der Waals surface area contributed by atoms with Crippen LogP contribution in [0.25, 0.3) is 11.1 Å². The summed E-state index contributed by atoms with van der Waals surface area (Å²) < 4.78 is 43.9. The van der Waals surface area contributed by atoms with Crippen LogP contribution >= 0.6 is 0 Å². The van der Waals surface area contributed by atoms with Gasteiger partial charge in [-0.25, -0.2) is 4.79 Å². The van der Waals surface area contributed by atoms with Crippen LogP contribution in [0.3, 0.4) is 0 Å². The molecule has 27 heavy (non-hydrogen) atoms. The summed E-state index contributed by atoms with van der Waals surface area (Å²) in [5.74, 6) is -1.02. The predicted octanol–water partition coefficient (Wildman–Crippen LogP) is 4.39. The number of hydrogen-bond donors (Lipinski definition) is 1. The van der Waals surface area contributed by atoms with Crippen molar-refractivity contribution in [2.24, 2.45) is 0 Å². The van der Waals surface area contributed by atoms with Gasteiger partial charge in [-0.15, -0.1) is 0 Å². The summed E-state index contributed by atoms with van der Waals surface area (Å²) in [6.45, 7) is -1.03. The summed E-state index contributed by atoms with van der Waals surface area (Å²) in [5.41, 5.74) is 1.77.